The highest BCUT2D eigenvalue weighted by Gasteiger charge is 2.19. The molecular weight excluding hydrogens is 260 g/mol. The largest absolute Gasteiger partial charge is 0.444 e. The number of carbonyl (C=O) groups is 1. The first-order valence-corrected chi connectivity index (χ1v) is 7.04. The standard InChI is InChI=1S/C14H30N2O4/c1-11(2)15-9-12(10-19-8-7-18-6)16-13(17)20-14(3,4)5/h11-12,15H,7-10H2,1-6H3,(H,16,17)/t12-/m1/s1. The Balaban J connectivity index is 4.18. The molecule has 0 radical (unpaired) electrons. The van der Waals surface area contributed by atoms with E-state index in [-0.39, 0.29) is 6.04 Å². The van der Waals surface area contributed by atoms with Crippen LogP contribution in [0.3, 0.4) is 0 Å². The number of rotatable bonds is 9. The lowest BCUT2D eigenvalue weighted by Crippen LogP contribution is -2.48. The van der Waals surface area contributed by atoms with Gasteiger partial charge in [-0.2, -0.15) is 0 Å². The average molecular weight is 290 g/mol. The number of nitrogens with one attached hydrogen (secondary N) is 2. The summed E-state index contributed by atoms with van der Waals surface area (Å²) in [6, 6.07) is 0.209. The van der Waals surface area contributed by atoms with Gasteiger partial charge in [-0.1, -0.05) is 13.8 Å². The monoisotopic (exact) mass is 290 g/mol. The van der Waals surface area contributed by atoms with Crippen LogP contribution in [0, 0.1) is 0 Å². The topological polar surface area (TPSA) is 68.8 Å². The number of hydrogen-bond donors (Lipinski definition) is 2. The zero-order valence-electron chi connectivity index (χ0n) is 13.6. The maximum atomic E-state index is 11.8. The molecule has 0 heterocycles. The SMILES string of the molecule is COCCOC[C@@H](CNC(C)C)NC(=O)OC(C)(C)C. The van der Waals surface area contributed by atoms with Crippen molar-refractivity contribution in [2.24, 2.45) is 0 Å². The number of hydrogen-bond acceptors (Lipinski definition) is 5. The maximum Gasteiger partial charge on any atom is 0.407 e. The third-order valence-corrected chi connectivity index (χ3v) is 2.24. The Morgan fingerprint density at radius 2 is 1.85 bits per heavy atom. The molecule has 0 saturated heterocycles. The lowest BCUT2D eigenvalue weighted by Gasteiger charge is -2.24. The second-order valence-electron chi connectivity index (χ2n) is 5.97. The Morgan fingerprint density at radius 3 is 2.35 bits per heavy atom. The Bertz CT molecular complexity index is 264. The van der Waals surface area contributed by atoms with Crippen molar-refractivity contribution in [2.75, 3.05) is 33.5 Å². The first kappa shape index (κ1) is 19.1. The highest BCUT2D eigenvalue weighted by molar-refractivity contribution is 5.68. The Labute approximate surface area is 122 Å². The minimum atomic E-state index is -0.503. The van der Waals surface area contributed by atoms with Gasteiger partial charge in [-0.15, -0.1) is 0 Å². The summed E-state index contributed by atoms with van der Waals surface area (Å²) in [6.07, 6.45) is -0.427. The minimum absolute atomic E-state index is 0.135. The number of methoxy groups -OCH3 is 1. The van der Waals surface area contributed by atoms with E-state index in [1.54, 1.807) is 7.11 Å². The summed E-state index contributed by atoms with van der Waals surface area (Å²) in [7, 11) is 1.63. The van der Waals surface area contributed by atoms with Crippen LogP contribution in [0.15, 0.2) is 0 Å². The van der Waals surface area contributed by atoms with Crippen molar-refractivity contribution >= 4 is 6.09 Å². The molecule has 0 aromatic heterocycles. The van der Waals surface area contributed by atoms with E-state index < -0.39 is 11.7 Å². The van der Waals surface area contributed by atoms with Crippen LogP contribution in [-0.2, 0) is 14.2 Å². The van der Waals surface area contributed by atoms with Crippen LogP contribution in [-0.4, -0.2) is 57.3 Å². The van der Waals surface area contributed by atoms with Gasteiger partial charge in [-0.3, -0.25) is 0 Å². The zero-order valence-corrected chi connectivity index (χ0v) is 13.6. The quantitative estimate of drug-likeness (QED) is 0.630. The summed E-state index contributed by atoms with van der Waals surface area (Å²) in [6.45, 7) is 11.7. The van der Waals surface area contributed by atoms with Gasteiger partial charge in [0.2, 0.25) is 0 Å². The van der Waals surface area contributed by atoms with E-state index in [2.05, 4.69) is 24.5 Å². The van der Waals surface area contributed by atoms with Crippen LogP contribution in [0.25, 0.3) is 0 Å². The van der Waals surface area contributed by atoms with Crippen molar-refractivity contribution in [1.29, 1.82) is 0 Å². The first-order valence-electron chi connectivity index (χ1n) is 7.04. The molecule has 1 atom stereocenters. The van der Waals surface area contributed by atoms with Crippen LogP contribution in [0.5, 0.6) is 0 Å². The van der Waals surface area contributed by atoms with E-state index in [0.717, 1.165) is 0 Å². The third-order valence-electron chi connectivity index (χ3n) is 2.24. The van der Waals surface area contributed by atoms with Crippen LogP contribution in [0.4, 0.5) is 4.79 Å². The molecule has 0 aliphatic carbocycles. The van der Waals surface area contributed by atoms with Crippen LogP contribution in [0.1, 0.15) is 34.6 Å². The molecule has 0 bridgehead atoms. The summed E-state index contributed by atoms with van der Waals surface area (Å²) in [5.74, 6) is 0. The highest BCUT2D eigenvalue weighted by atomic mass is 16.6. The van der Waals surface area contributed by atoms with Gasteiger partial charge in [0.05, 0.1) is 25.9 Å². The molecule has 0 fully saturated rings. The summed E-state index contributed by atoms with van der Waals surface area (Å²) in [5.41, 5.74) is -0.503. The van der Waals surface area contributed by atoms with E-state index in [4.69, 9.17) is 14.2 Å². The fourth-order valence-electron chi connectivity index (χ4n) is 1.37. The van der Waals surface area contributed by atoms with Crippen molar-refractivity contribution in [3.8, 4) is 0 Å². The first-order chi connectivity index (χ1) is 9.24. The Morgan fingerprint density at radius 1 is 1.20 bits per heavy atom. The lowest BCUT2D eigenvalue weighted by molar-refractivity contribution is 0.0370. The third kappa shape index (κ3) is 12.2. The van der Waals surface area contributed by atoms with E-state index in [0.29, 0.717) is 32.4 Å². The molecule has 0 rings (SSSR count). The molecule has 0 aliphatic heterocycles. The maximum absolute atomic E-state index is 11.8. The molecule has 120 valence electrons. The molecule has 0 aromatic rings. The molecule has 0 aromatic carbocycles. The van der Waals surface area contributed by atoms with E-state index in [1.807, 2.05) is 20.8 Å². The van der Waals surface area contributed by atoms with Crippen molar-refractivity contribution in [2.45, 2.75) is 52.3 Å². The smallest absolute Gasteiger partial charge is 0.407 e. The number of carbonyl (C=O) groups excluding carboxylic acids is 1. The van der Waals surface area contributed by atoms with Crippen LogP contribution in [0.2, 0.25) is 0 Å². The van der Waals surface area contributed by atoms with Crippen molar-refractivity contribution in [1.82, 2.24) is 10.6 Å². The fourth-order valence-corrected chi connectivity index (χ4v) is 1.37. The number of ether oxygens (including phenoxy) is 3. The normalized spacial score (nSPS) is 13.3. The predicted octanol–water partition coefficient (Wildman–Crippen LogP) is 1.54. The molecule has 0 aliphatic rings. The predicted molar refractivity (Wildman–Crippen MR) is 79.0 cm³/mol. The fraction of sp³-hybridized carbons (Fsp3) is 0.929. The number of alkyl carbamates (subject to hydrolysis) is 1. The van der Waals surface area contributed by atoms with E-state index in [9.17, 15) is 4.79 Å². The molecule has 6 nitrogen and oxygen atoms in total. The van der Waals surface area contributed by atoms with E-state index >= 15 is 0 Å². The lowest BCUT2D eigenvalue weighted by atomic mass is 10.2. The van der Waals surface area contributed by atoms with Gasteiger partial charge in [0.1, 0.15) is 5.60 Å². The van der Waals surface area contributed by atoms with Gasteiger partial charge in [0.15, 0.2) is 0 Å². The molecular formula is C14H30N2O4. The van der Waals surface area contributed by atoms with E-state index in [1.165, 1.54) is 0 Å². The van der Waals surface area contributed by atoms with Gasteiger partial charge in [-0.05, 0) is 20.8 Å². The minimum Gasteiger partial charge on any atom is -0.444 e. The van der Waals surface area contributed by atoms with Crippen LogP contribution >= 0.6 is 0 Å². The Kier molecular flexibility index (Phi) is 9.54. The molecule has 0 spiro atoms. The van der Waals surface area contributed by atoms with Crippen LogP contribution < -0.4 is 10.6 Å². The van der Waals surface area contributed by atoms with Gasteiger partial charge in [0.25, 0.3) is 0 Å². The number of amides is 1. The summed E-state index contributed by atoms with van der Waals surface area (Å²) in [5, 5.41) is 6.09. The van der Waals surface area contributed by atoms with Gasteiger partial charge in [0, 0.05) is 19.7 Å². The molecule has 20 heavy (non-hydrogen) atoms. The highest BCUT2D eigenvalue weighted by Crippen LogP contribution is 2.06. The van der Waals surface area contributed by atoms with Crippen molar-refractivity contribution < 1.29 is 19.0 Å². The molecule has 0 unspecified atom stereocenters. The van der Waals surface area contributed by atoms with Crippen molar-refractivity contribution in [3.05, 3.63) is 0 Å². The van der Waals surface area contributed by atoms with Gasteiger partial charge in [-0.25, -0.2) is 4.79 Å². The summed E-state index contributed by atoms with van der Waals surface area (Å²) < 4.78 is 15.6. The Hall–Kier alpha value is -0.850. The van der Waals surface area contributed by atoms with Gasteiger partial charge >= 0.3 is 6.09 Å². The van der Waals surface area contributed by atoms with Crippen molar-refractivity contribution in [3.63, 3.8) is 0 Å². The average Bonchev–Trinajstić information content (AvgIpc) is 2.28. The zero-order chi connectivity index (χ0) is 15.6. The summed E-state index contributed by atoms with van der Waals surface area (Å²) in [4.78, 5) is 11.8. The second-order valence-corrected chi connectivity index (χ2v) is 5.97. The molecule has 6 heteroatoms. The summed E-state index contributed by atoms with van der Waals surface area (Å²) >= 11 is 0. The molecule has 1 amide bonds. The second kappa shape index (κ2) is 9.96. The van der Waals surface area contributed by atoms with Gasteiger partial charge < -0.3 is 24.8 Å². The molecule has 2 N–H and O–H groups in total. The molecule has 0 saturated carbocycles.